The van der Waals surface area contributed by atoms with Crippen molar-refractivity contribution in [1.29, 1.82) is 0 Å². The van der Waals surface area contributed by atoms with Gasteiger partial charge in [-0.2, -0.15) is 4.99 Å². The van der Waals surface area contributed by atoms with Gasteiger partial charge in [0.25, 0.3) is 5.91 Å². The van der Waals surface area contributed by atoms with Gasteiger partial charge in [-0.05, 0) is 67.6 Å². The summed E-state index contributed by atoms with van der Waals surface area (Å²) in [5.74, 6) is -1.64. The van der Waals surface area contributed by atoms with E-state index >= 15 is 0 Å². The highest BCUT2D eigenvalue weighted by Gasteiger charge is 2.23. The van der Waals surface area contributed by atoms with Crippen LogP contribution >= 0.6 is 11.8 Å². The lowest BCUT2D eigenvalue weighted by Gasteiger charge is -2.10. The summed E-state index contributed by atoms with van der Waals surface area (Å²) in [4.78, 5) is 38.5. The van der Waals surface area contributed by atoms with Gasteiger partial charge >= 0.3 is 5.97 Å². The SMILES string of the molecule is CC(=O)NC1=NC(=O)C(=Cc2cc(C)n(-c3ccc(C(=O)O)cc3)c2C)S1. The van der Waals surface area contributed by atoms with Crippen LogP contribution in [-0.2, 0) is 9.59 Å². The van der Waals surface area contributed by atoms with Gasteiger partial charge in [0.05, 0.1) is 10.5 Å². The molecular formula is C19H17N3O4S. The largest absolute Gasteiger partial charge is 0.478 e. The Bertz CT molecular complexity index is 1020. The molecule has 3 rings (SSSR count). The number of carbonyl (C=O) groups excluding carboxylic acids is 2. The molecule has 138 valence electrons. The van der Waals surface area contributed by atoms with E-state index in [4.69, 9.17) is 5.11 Å². The summed E-state index contributed by atoms with van der Waals surface area (Å²) >= 11 is 1.12. The van der Waals surface area contributed by atoms with E-state index in [1.54, 1.807) is 30.3 Å². The van der Waals surface area contributed by atoms with E-state index in [1.807, 2.05) is 24.5 Å². The van der Waals surface area contributed by atoms with Crippen LogP contribution in [0.3, 0.4) is 0 Å². The number of carboxylic acids is 1. The van der Waals surface area contributed by atoms with Crippen LogP contribution in [0.2, 0.25) is 0 Å². The molecule has 8 heteroatoms. The van der Waals surface area contributed by atoms with Gasteiger partial charge in [-0.25, -0.2) is 4.79 Å². The van der Waals surface area contributed by atoms with Gasteiger partial charge in [0, 0.05) is 24.0 Å². The molecule has 0 saturated heterocycles. The zero-order valence-electron chi connectivity index (χ0n) is 14.9. The third-order valence-electron chi connectivity index (χ3n) is 4.03. The number of rotatable bonds is 3. The summed E-state index contributed by atoms with van der Waals surface area (Å²) < 4.78 is 1.98. The number of carbonyl (C=O) groups is 3. The molecule has 2 heterocycles. The predicted octanol–water partition coefficient (Wildman–Crippen LogP) is 2.90. The number of carboxylic acid groups (broad SMARTS) is 1. The second kappa shape index (κ2) is 7.24. The van der Waals surface area contributed by atoms with Gasteiger partial charge in [-0.1, -0.05) is 0 Å². The highest BCUT2D eigenvalue weighted by Crippen LogP contribution is 2.30. The van der Waals surface area contributed by atoms with Gasteiger partial charge in [-0.15, -0.1) is 0 Å². The molecule has 2 N–H and O–H groups in total. The van der Waals surface area contributed by atoms with Gasteiger partial charge in [0.15, 0.2) is 5.17 Å². The average molecular weight is 383 g/mol. The van der Waals surface area contributed by atoms with E-state index in [2.05, 4.69) is 10.3 Å². The Morgan fingerprint density at radius 1 is 1.22 bits per heavy atom. The number of benzene rings is 1. The van der Waals surface area contributed by atoms with Crippen LogP contribution in [-0.4, -0.2) is 32.6 Å². The zero-order chi connectivity index (χ0) is 19.7. The van der Waals surface area contributed by atoms with Crippen LogP contribution < -0.4 is 5.32 Å². The molecule has 27 heavy (non-hydrogen) atoms. The highest BCUT2D eigenvalue weighted by atomic mass is 32.2. The molecule has 7 nitrogen and oxygen atoms in total. The molecule has 1 aromatic heterocycles. The molecule has 2 aromatic rings. The van der Waals surface area contributed by atoms with E-state index in [9.17, 15) is 14.4 Å². The summed E-state index contributed by atoms with van der Waals surface area (Å²) in [5.41, 5.74) is 3.76. The van der Waals surface area contributed by atoms with Crippen molar-refractivity contribution in [2.75, 3.05) is 0 Å². The van der Waals surface area contributed by atoms with Crippen molar-refractivity contribution in [2.45, 2.75) is 20.8 Å². The number of aliphatic imine (C=N–C) groups is 1. The number of hydrogen-bond acceptors (Lipinski definition) is 4. The van der Waals surface area contributed by atoms with Crippen molar-refractivity contribution in [3.8, 4) is 5.69 Å². The van der Waals surface area contributed by atoms with Crippen molar-refractivity contribution >= 4 is 40.8 Å². The number of nitrogens with zero attached hydrogens (tertiary/aromatic N) is 2. The predicted molar refractivity (Wildman–Crippen MR) is 104 cm³/mol. The number of thioether (sulfide) groups is 1. The molecule has 0 saturated carbocycles. The third kappa shape index (κ3) is 3.85. The molecule has 1 aliphatic rings. The highest BCUT2D eigenvalue weighted by molar-refractivity contribution is 8.18. The Morgan fingerprint density at radius 3 is 2.48 bits per heavy atom. The Balaban J connectivity index is 1.92. The minimum absolute atomic E-state index is 0.221. The fraction of sp³-hybridized carbons (Fsp3) is 0.158. The maximum absolute atomic E-state index is 12.1. The summed E-state index contributed by atoms with van der Waals surface area (Å²) in [5, 5.41) is 11.8. The topological polar surface area (TPSA) is 101 Å². The smallest absolute Gasteiger partial charge is 0.335 e. The van der Waals surface area contributed by atoms with E-state index in [0.29, 0.717) is 4.91 Å². The minimum atomic E-state index is -0.973. The molecular weight excluding hydrogens is 366 g/mol. The first-order valence-electron chi connectivity index (χ1n) is 8.09. The molecule has 0 fully saturated rings. The fourth-order valence-electron chi connectivity index (χ4n) is 2.84. The fourth-order valence-corrected chi connectivity index (χ4v) is 3.69. The van der Waals surface area contributed by atoms with E-state index in [1.165, 1.54) is 6.92 Å². The third-order valence-corrected chi connectivity index (χ3v) is 4.93. The quantitative estimate of drug-likeness (QED) is 0.794. The van der Waals surface area contributed by atoms with Crippen molar-refractivity contribution < 1.29 is 19.5 Å². The molecule has 2 amide bonds. The number of nitrogens with one attached hydrogen (secondary N) is 1. The second-order valence-electron chi connectivity index (χ2n) is 6.03. The van der Waals surface area contributed by atoms with Crippen molar-refractivity contribution in [2.24, 2.45) is 4.99 Å². The zero-order valence-corrected chi connectivity index (χ0v) is 15.8. The summed E-state index contributed by atoms with van der Waals surface area (Å²) in [6.07, 6.45) is 1.75. The lowest BCUT2D eigenvalue weighted by molar-refractivity contribution is -0.117. The van der Waals surface area contributed by atoms with E-state index in [0.717, 1.165) is 34.4 Å². The number of aromatic carboxylic acids is 1. The minimum Gasteiger partial charge on any atom is -0.478 e. The molecule has 0 aliphatic carbocycles. The van der Waals surface area contributed by atoms with Crippen LogP contribution in [0.5, 0.6) is 0 Å². The first-order valence-corrected chi connectivity index (χ1v) is 8.90. The van der Waals surface area contributed by atoms with Gasteiger partial charge < -0.3 is 15.0 Å². The van der Waals surface area contributed by atoms with Crippen molar-refractivity contribution in [3.05, 3.63) is 57.8 Å². The Kier molecular flexibility index (Phi) is 5.00. The van der Waals surface area contributed by atoms with Crippen molar-refractivity contribution in [1.82, 2.24) is 9.88 Å². The number of amidine groups is 1. The molecule has 0 radical (unpaired) electrons. The molecule has 1 aliphatic heterocycles. The molecule has 1 aromatic carbocycles. The van der Waals surface area contributed by atoms with Crippen LogP contribution in [0.1, 0.15) is 34.2 Å². The monoisotopic (exact) mass is 383 g/mol. The van der Waals surface area contributed by atoms with E-state index < -0.39 is 5.97 Å². The van der Waals surface area contributed by atoms with Crippen LogP contribution in [0.15, 0.2) is 40.2 Å². The number of aryl methyl sites for hydroxylation is 1. The summed E-state index contributed by atoms with van der Waals surface area (Å²) in [6.45, 7) is 5.21. The lowest BCUT2D eigenvalue weighted by atomic mass is 10.2. The second-order valence-corrected chi connectivity index (χ2v) is 7.06. The first kappa shape index (κ1) is 18.7. The molecule has 0 unspecified atom stereocenters. The molecule has 0 spiro atoms. The van der Waals surface area contributed by atoms with Crippen LogP contribution in [0.4, 0.5) is 0 Å². The molecule has 0 bridgehead atoms. The standard InChI is InChI=1S/C19H17N3O4S/c1-10-8-14(9-16-17(24)21-19(27-16)20-12(3)23)11(2)22(10)15-6-4-13(5-7-15)18(25)26/h4-9H,1-3H3,(H,25,26)(H,20,21,23,24). The number of aromatic nitrogens is 1. The van der Waals surface area contributed by atoms with E-state index in [-0.39, 0.29) is 22.5 Å². The normalized spacial score (nSPS) is 15.1. The summed E-state index contributed by atoms with van der Waals surface area (Å²) in [6, 6.07) is 8.54. The molecule has 0 atom stereocenters. The number of amides is 2. The Hall–Kier alpha value is -3.13. The first-order chi connectivity index (χ1) is 12.8. The van der Waals surface area contributed by atoms with Crippen LogP contribution in [0, 0.1) is 13.8 Å². The number of hydrogen-bond donors (Lipinski definition) is 2. The maximum Gasteiger partial charge on any atom is 0.335 e. The van der Waals surface area contributed by atoms with Gasteiger partial charge in [0.2, 0.25) is 5.91 Å². The van der Waals surface area contributed by atoms with Gasteiger partial charge in [-0.3, -0.25) is 9.59 Å². The van der Waals surface area contributed by atoms with Crippen LogP contribution in [0.25, 0.3) is 11.8 Å². The average Bonchev–Trinajstić information content (AvgIpc) is 3.06. The maximum atomic E-state index is 12.1. The summed E-state index contributed by atoms with van der Waals surface area (Å²) in [7, 11) is 0. The Labute approximate surface area is 159 Å². The Morgan fingerprint density at radius 2 is 1.89 bits per heavy atom. The van der Waals surface area contributed by atoms with Gasteiger partial charge in [0.1, 0.15) is 0 Å². The lowest BCUT2D eigenvalue weighted by Crippen LogP contribution is -2.23. The van der Waals surface area contributed by atoms with Crippen molar-refractivity contribution in [3.63, 3.8) is 0 Å².